The Kier molecular flexibility index (Phi) is 5.20. The number of hydrogen-bond donors (Lipinski definition) is 0. The maximum Gasteiger partial charge on any atom is 0.0546 e. The Bertz CT molecular complexity index is 246. The number of halogens is 1. The predicted octanol–water partition coefficient (Wildman–Crippen LogP) is 3.59. The summed E-state index contributed by atoms with van der Waals surface area (Å²) in [6.45, 7) is 4.92. The molecule has 0 saturated heterocycles. The van der Waals surface area contributed by atoms with E-state index >= 15 is 0 Å². The third kappa shape index (κ3) is 3.81. The fraction of sp³-hybridized carbons (Fsp3) is 0.500. The Labute approximate surface area is 94.6 Å². The van der Waals surface area contributed by atoms with Gasteiger partial charge in [0.05, 0.1) is 12.7 Å². The maximum atomic E-state index is 5.62. The molecule has 0 saturated carbocycles. The van der Waals surface area contributed by atoms with Gasteiger partial charge in [-0.25, -0.2) is 0 Å². The third-order valence-electron chi connectivity index (χ3n) is 2.09. The molecule has 0 heterocycles. The van der Waals surface area contributed by atoms with E-state index in [1.165, 1.54) is 5.56 Å². The first-order valence-electron chi connectivity index (χ1n) is 4.96. The highest BCUT2D eigenvalue weighted by molar-refractivity contribution is 9.09. The zero-order valence-corrected chi connectivity index (χ0v) is 10.3. The summed E-state index contributed by atoms with van der Waals surface area (Å²) in [5, 5.41) is 0.948. The van der Waals surface area contributed by atoms with Crippen molar-refractivity contribution in [2.75, 3.05) is 11.9 Å². The summed E-state index contributed by atoms with van der Waals surface area (Å²) in [5.74, 6) is 0.457. The van der Waals surface area contributed by atoms with Crippen LogP contribution in [0.5, 0.6) is 0 Å². The van der Waals surface area contributed by atoms with E-state index < -0.39 is 0 Å². The van der Waals surface area contributed by atoms with Gasteiger partial charge in [0.2, 0.25) is 0 Å². The largest absolute Gasteiger partial charge is 0.378 e. The van der Waals surface area contributed by atoms with Crippen molar-refractivity contribution in [2.24, 2.45) is 0 Å². The van der Waals surface area contributed by atoms with Crippen LogP contribution < -0.4 is 0 Å². The summed E-state index contributed by atoms with van der Waals surface area (Å²) in [4.78, 5) is 0. The first kappa shape index (κ1) is 11.7. The van der Waals surface area contributed by atoms with E-state index in [4.69, 9.17) is 4.74 Å². The zero-order valence-electron chi connectivity index (χ0n) is 8.74. The molecule has 1 nitrogen and oxygen atoms in total. The van der Waals surface area contributed by atoms with Gasteiger partial charge in [0.25, 0.3) is 0 Å². The Morgan fingerprint density at radius 3 is 2.36 bits per heavy atom. The van der Waals surface area contributed by atoms with Crippen LogP contribution in [0.25, 0.3) is 0 Å². The highest BCUT2D eigenvalue weighted by Crippen LogP contribution is 2.18. The van der Waals surface area contributed by atoms with Gasteiger partial charge in [0.1, 0.15) is 0 Å². The van der Waals surface area contributed by atoms with Gasteiger partial charge in [-0.2, -0.15) is 0 Å². The molecule has 1 aromatic rings. The minimum atomic E-state index is 0.306. The number of hydrogen-bond acceptors (Lipinski definition) is 1. The molecule has 1 rings (SSSR count). The van der Waals surface area contributed by atoms with Crippen LogP contribution in [0.2, 0.25) is 0 Å². The van der Waals surface area contributed by atoms with Gasteiger partial charge in [-0.15, -0.1) is 0 Å². The molecule has 1 unspecified atom stereocenters. The van der Waals surface area contributed by atoms with Gasteiger partial charge in [-0.1, -0.05) is 46.3 Å². The van der Waals surface area contributed by atoms with E-state index in [1.54, 1.807) is 0 Å². The second kappa shape index (κ2) is 6.20. The predicted molar refractivity (Wildman–Crippen MR) is 64.1 cm³/mol. The Hall–Kier alpha value is -0.340. The van der Waals surface area contributed by atoms with Crippen LogP contribution in [0.1, 0.15) is 25.3 Å². The molecule has 0 fully saturated rings. The summed E-state index contributed by atoms with van der Waals surface area (Å²) in [6, 6.07) is 10.5. The Balaban J connectivity index is 2.54. The molecule has 1 aromatic carbocycles. The fourth-order valence-electron chi connectivity index (χ4n) is 1.26. The van der Waals surface area contributed by atoms with Crippen molar-refractivity contribution in [3.63, 3.8) is 0 Å². The minimum Gasteiger partial charge on any atom is -0.378 e. The minimum absolute atomic E-state index is 0.306. The first-order valence-corrected chi connectivity index (χ1v) is 6.08. The molecule has 0 spiro atoms. The lowest BCUT2D eigenvalue weighted by Gasteiger charge is -2.16. The van der Waals surface area contributed by atoms with Crippen molar-refractivity contribution >= 4 is 15.9 Å². The topological polar surface area (TPSA) is 9.23 Å². The molecule has 1 atom stereocenters. The average Bonchev–Trinajstić information content (AvgIpc) is 2.20. The molecule has 0 aromatic heterocycles. The molecule has 0 aliphatic rings. The molecule has 0 amide bonds. The van der Waals surface area contributed by atoms with Crippen molar-refractivity contribution in [3.05, 3.63) is 35.9 Å². The Morgan fingerprint density at radius 2 is 1.86 bits per heavy atom. The van der Waals surface area contributed by atoms with Crippen LogP contribution in [0.15, 0.2) is 30.3 Å². The molecule has 0 aliphatic carbocycles. The van der Waals surface area contributed by atoms with Crippen LogP contribution in [-0.4, -0.2) is 18.0 Å². The molecule has 0 aliphatic heterocycles. The molecule has 2 heteroatoms. The summed E-state index contributed by atoms with van der Waals surface area (Å²) in [5.41, 5.74) is 1.34. The second-order valence-electron chi connectivity index (χ2n) is 3.64. The van der Waals surface area contributed by atoms with Crippen molar-refractivity contribution in [1.29, 1.82) is 0 Å². The van der Waals surface area contributed by atoms with Crippen molar-refractivity contribution < 1.29 is 4.74 Å². The van der Waals surface area contributed by atoms with E-state index in [9.17, 15) is 0 Å². The van der Waals surface area contributed by atoms with E-state index in [2.05, 4.69) is 54.0 Å². The molecule has 14 heavy (non-hydrogen) atoms. The quantitative estimate of drug-likeness (QED) is 0.732. The molecule has 0 radical (unpaired) electrons. The highest BCUT2D eigenvalue weighted by atomic mass is 79.9. The van der Waals surface area contributed by atoms with Crippen LogP contribution in [-0.2, 0) is 4.74 Å². The summed E-state index contributed by atoms with van der Waals surface area (Å²) in [6.07, 6.45) is 0.306. The van der Waals surface area contributed by atoms with Crippen LogP contribution >= 0.6 is 15.9 Å². The average molecular weight is 257 g/mol. The molecular formula is C12H17BrO. The maximum absolute atomic E-state index is 5.62. The number of rotatable bonds is 5. The second-order valence-corrected chi connectivity index (χ2v) is 4.29. The van der Waals surface area contributed by atoms with Crippen molar-refractivity contribution in [1.82, 2.24) is 0 Å². The van der Waals surface area contributed by atoms with E-state index in [-0.39, 0.29) is 0 Å². The number of alkyl halides is 1. The highest BCUT2D eigenvalue weighted by Gasteiger charge is 2.10. The lowest BCUT2D eigenvalue weighted by Crippen LogP contribution is -2.13. The van der Waals surface area contributed by atoms with E-state index in [0.717, 1.165) is 11.9 Å². The standard InChI is InChI=1S/C12H17BrO/c1-10(2)14-9-12(8-13)11-6-4-3-5-7-11/h3-7,10,12H,8-9H2,1-2H3. The smallest absolute Gasteiger partial charge is 0.0546 e. The monoisotopic (exact) mass is 256 g/mol. The van der Waals surface area contributed by atoms with Gasteiger partial charge in [0.15, 0.2) is 0 Å². The molecular weight excluding hydrogens is 240 g/mol. The van der Waals surface area contributed by atoms with Crippen molar-refractivity contribution in [2.45, 2.75) is 25.9 Å². The Morgan fingerprint density at radius 1 is 1.21 bits per heavy atom. The zero-order chi connectivity index (χ0) is 10.4. The number of ether oxygens (including phenoxy) is 1. The molecule has 78 valence electrons. The third-order valence-corrected chi connectivity index (χ3v) is 2.87. The van der Waals surface area contributed by atoms with Gasteiger partial charge in [0, 0.05) is 11.2 Å². The van der Waals surface area contributed by atoms with Crippen LogP contribution in [0, 0.1) is 0 Å². The van der Waals surface area contributed by atoms with Gasteiger partial charge >= 0.3 is 0 Å². The molecule has 0 bridgehead atoms. The number of benzene rings is 1. The van der Waals surface area contributed by atoms with Gasteiger partial charge < -0.3 is 4.74 Å². The van der Waals surface area contributed by atoms with Crippen LogP contribution in [0.4, 0.5) is 0 Å². The normalized spacial score (nSPS) is 13.1. The molecule has 0 N–H and O–H groups in total. The van der Waals surface area contributed by atoms with E-state index in [0.29, 0.717) is 12.0 Å². The van der Waals surface area contributed by atoms with E-state index in [1.807, 2.05) is 6.07 Å². The van der Waals surface area contributed by atoms with Crippen LogP contribution in [0.3, 0.4) is 0 Å². The van der Waals surface area contributed by atoms with Gasteiger partial charge in [-0.05, 0) is 19.4 Å². The fourth-order valence-corrected chi connectivity index (χ4v) is 1.82. The lowest BCUT2D eigenvalue weighted by molar-refractivity contribution is 0.0711. The van der Waals surface area contributed by atoms with Gasteiger partial charge in [-0.3, -0.25) is 0 Å². The summed E-state index contributed by atoms with van der Waals surface area (Å²) in [7, 11) is 0. The summed E-state index contributed by atoms with van der Waals surface area (Å²) < 4.78 is 5.62. The summed E-state index contributed by atoms with van der Waals surface area (Å²) >= 11 is 3.52. The lowest BCUT2D eigenvalue weighted by atomic mass is 10.0. The first-order chi connectivity index (χ1) is 6.74. The SMILES string of the molecule is CC(C)OCC(CBr)c1ccccc1. The van der Waals surface area contributed by atoms with Crippen molar-refractivity contribution in [3.8, 4) is 0 Å².